The predicted molar refractivity (Wildman–Crippen MR) is 93.1 cm³/mol. The topological polar surface area (TPSA) is 38.1 Å². The van der Waals surface area contributed by atoms with Crippen LogP contribution in [0.25, 0.3) is 11.3 Å². The second-order valence-corrected chi connectivity index (χ2v) is 7.57. The number of rotatable bonds is 5. The van der Waals surface area contributed by atoms with Crippen molar-refractivity contribution in [1.82, 2.24) is 9.78 Å². The fourth-order valence-corrected chi connectivity index (χ4v) is 3.33. The Kier molecular flexibility index (Phi) is 4.55. The van der Waals surface area contributed by atoms with Gasteiger partial charge in [-0.1, -0.05) is 30.3 Å². The van der Waals surface area contributed by atoms with Crippen molar-refractivity contribution < 1.29 is 9.59 Å². The number of aryl methyl sites for hydroxylation is 1. The standard InChI is InChI=1S/C19H28N3O/c1-22(2,3)14-12-17(23)18-16-11-7-8-13-21(16)20-19(18)15-9-5-4-6-10-15/h4-6,9-10,17,23H,7-8,11-14H2,1-3H3/q+1. The van der Waals surface area contributed by atoms with Crippen LogP contribution < -0.4 is 0 Å². The van der Waals surface area contributed by atoms with Crippen molar-refractivity contribution in [3.05, 3.63) is 41.6 Å². The van der Waals surface area contributed by atoms with Gasteiger partial charge in [0, 0.05) is 29.8 Å². The molecule has 4 nitrogen and oxygen atoms in total. The van der Waals surface area contributed by atoms with Gasteiger partial charge < -0.3 is 9.59 Å². The first-order valence-corrected chi connectivity index (χ1v) is 8.59. The van der Waals surface area contributed by atoms with Crippen molar-refractivity contribution in [3.63, 3.8) is 0 Å². The summed E-state index contributed by atoms with van der Waals surface area (Å²) >= 11 is 0. The Morgan fingerprint density at radius 3 is 2.61 bits per heavy atom. The summed E-state index contributed by atoms with van der Waals surface area (Å²) in [5.41, 5.74) is 4.37. The number of aliphatic hydroxyl groups is 1. The number of aliphatic hydroxyl groups excluding tert-OH is 1. The van der Waals surface area contributed by atoms with E-state index in [2.05, 4.69) is 38.0 Å². The average molecular weight is 314 g/mol. The summed E-state index contributed by atoms with van der Waals surface area (Å²) in [7, 11) is 6.49. The van der Waals surface area contributed by atoms with Gasteiger partial charge in [0.1, 0.15) is 0 Å². The molecule has 3 rings (SSSR count). The minimum Gasteiger partial charge on any atom is -0.388 e. The number of benzene rings is 1. The van der Waals surface area contributed by atoms with Gasteiger partial charge in [-0.3, -0.25) is 4.68 Å². The van der Waals surface area contributed by atoms with E-state index in [1.54, 1.807) is 0 Å². The van der Waals surface area contributed by atoms with Gasteiger partial charge in [-0.15, -0.1) is 0 Å². The second-order valence-electron chi connectivity index (χ2n) is 7.57. The minimum absolute atomic E-state index is 0.440. The van der Waals surface area contributed by atoms with Crippen LogP contribution in [0, 0.1) is 0 Å². The lowest BCUT2D eigenvalue weighted by atomic mass is 9.96. The van der Waals surface area contributed by atoms with E-state index >= 15 is 0 Å². The quantitative estimate of drug-likeness (QED) is 0.862. The van der Waals surface area contributed by atoms with Crippen molar-refractivity contribution in [3.8, 4) is 11.3 Å². The molecule has 1 aromatic heterocycles. The second kappa shape index (κ2) is 6.46. The molecule has 1 aliphatic rings. The molecule has 0 bridgehead atoms. The number of quaternary nitrogens is 1. The van der Waals surface area contributed by atoms with E-state index in [4.69, 9.17) is 5.10 Å². The number of aromatic nitrogens is 2. The maximum absolute atomic E-state index is 10.9. The van der Waals surface area contributed by atoms with E-state index in [9.17, 15) is 5.11 Å². The van der Waals surface area contributed by atoms with E-state index in [1.807, 2.05) is 18.2 Å². The Balaban J connectivity index is 1.98. The van der Waals surface area contributed by atoms with Gasteiger partial charge in [-0.05, 0) is 19.3 Å². The summed E-state index contributed by atoms with van der Waals surface area (Å²) in [4.78, 5) is 0. The first kappa shape index (κ1) is 16.2. The Hall–Kier alpha value is -1.65. The first-order chi connectivity index (χ1) is 11.0. The van der Waals surface area contributed by atoms with Crippen LogP contribution >= 0.6 is 0 Å². The summed E-state index contributed by atoms with van der Waals surface area (Å²) in [6, 6.07) is 10.3. The van der Waals surface area contributed by atoms with Crippen molar-refractivity contribution in [1.29, 1.82) is 0 Å². The van der Waals surface area contributed by atoms with E-state index in [0.29, 0.717) is 0 Å². The molecule has 23 heavy (non-hydrogen) atoms. The van der Waals surface area contributed by atoms with Gasteiger partial charge in [-0.25, -0.2) is 0 Å². The van der Waals surface area contributed by atoms with Gasteiger partial charge >= 0.3 is 0 Å². The highest BCUT2D eigenvalue weighted by Gasteiger charge is 2.27. The van der Waals surface area contributed by atoms with E-state index < -0.39 is 6.10 Å². The highest BCUT2D eigenvalue weighted by Crippen LogP contribution is 2.34. The molecule has 2 aromatic rings. The molecule has 0 fully saturated rings. The first-order valence-electron chi connectivity index (χ1n) is 8.59. The smallest absolute Gasteiger partial charge is 0.0984 e. The number of hydrogen-bond acceptors (Lipinski definition) is 2. The van der Waals surface area contributed by atoms with Crippen LogP contribution in [0.2, 0.25) is 0 Å². The summed E-state index contributed by atoms with van der Waals surface area (Å²) < 4.78 is 2.98. The third kappa shape index (κ3) is 3.65. The highest BCUT2D eigenvalue weighted by atomic mass is 16.3. The van der Waals surface area contributed by atoms with Crippen LogP contribution in [-0.2, 0) is 13.0 Å². The van der Waals surface area contributed by atoms with Crippen LogP contribution in [-0.4, -0.2) is 47.1 Å². The third-order valence-electron chi connectivity index (χ3n) is 4.59. The molecule has 0 spiro atoms. The molecule has 0 aliphatic carbocycles. The van der Waals surface area contributed by atoms with Crippen LogP contribution in [0.5, 0.6) is 0 Å². The lowest BCUT2D eigenvalue weighted by Gasteiger charge is -2.25. The van der Waals surface area contributed by atoms with Gasteiger partial charge in [0.25, 0.3) is 0 Å². The lowest BCUT2D eigenvalue weighted by Crippen LogP contribution is -2.36. The van der Waals surface area contributed by atoms with E-state index in [-0.39, 0.29) is 0 Å². The largest absolute Gasteiger partial charge is 0.388 e. The summed E-state index contributed by atoms with van der Waals surface area (Å²) in [5.74, 6) is 0. The molecule has 1 aliphatic heterocycles. The SMILES string of the molecule is C[N+](C)(C)CCC(O)c1c(-c2ccccc2)nn2c1CCCC2. The Labute approximate surface area is 139 Å². The molecule has 0 radical (unpaired) electrons. The molecule has 1 atom stereocenters. The predicted octanol–water partition coefficient (Wildman–Crippen LogP) is 3.02. The Morgan fingerprint density at radius 1 is 1.17 bits per heavy atom. The summed E-state index contributed by atoms with van der Waals surface area (Å²) in [6.07, 6.45) is 3.72. The molecular formula is C19H28N3O+. The van der Waals surface area contributed by atoms with Crippen molar-refractivity contribution in [2.24, 2.45) is 0 Å². The number of fused-ring (bicyclic) bond motifs is 1. The van der Waals surface area contributed by atoms with Crippen LogP contribution in [0.1, 0.15) is 36.6 Å². The number of nitrogens with zero attached hydrogens (tertiary/aromatic N) is 3. The lowest BCUT2D eigenvalue weighted by molar-refractivity contribution is -0.871. The van der Waals surface area contributed by atoms with Crippen LogP contribution in [0.3, 0.4) is 0 Å². The van der Waals surface area contributed by atoms with E-state index in [0.717, 1.165) is 47.2 Å². The van der Waals surface area contributed by atoms with Crippen LogP contribution in [0.15, 0.2) is 30.3 Å². The molecule has 1 unspecified atom stereocenters. The summed E-state index contributed by atoms with van der Waals surface area (Å²) in [6.45, 7) is 1.91. The Morgan fingerprint density at radius 2 is 1.91 bits per heavy atom. The van der Waals surface area contributed by atoms with Gasteiger partial charge in [0.05, 0.1) is 39.5 Å². The molecule has 0 amide bonds. The molecule has 2 heterocycles. The molecule has 0 saturated heterocycles. The third-order valence-corrected chi connectivity index (χ3v) is 4.59. The zero-order chi connectivity index (χ0) is 16.4. The van der Waals surface area contributed by atoms with Crippen LogP contribution in [0.4, 0.5) is 0 Å². The van der Waals surface area contributed by atoms with E-state index in [1.165, 1.54) is 18.5 Å². The maximum Gasteiger partial charge on any atom is 0.0984 e. The molecule has 4 heteroatoms. The fourth-order valence-electron chi connectivity index (χ4n) is 3.33. The molecule has 1 aromatic carbocycles. The highest BCUT2D eigenvalue weighted by molar-refractivity contribution is 5.64. The molecule has 1 N–H and O–H groups in total. The van der Waals surface area contributed by atoms with Crippen molar-refractivity contribution >= 4 is 0 Å². The normalized spacial score (nSPS) is 16.2. The zero-order valence-corrected chi connectivity index (χ0v) is 14.5. The Bertz CT molecular complexity index is 655. The summed E-state index contributed by atoms with van der Waals surface area (Å²) in [5, 5.41) is 15.7. The number of hydrogen-bond donors (Lipinski definition) is 1. The molecular weight excluding hydrogens is 286 g/mol. The van der Waals surface area contributed by atoms with Gasteiger partial charge in [0.15, 0.2) is 0 Å². The monoisotopic (exact) mass is 314 g/mol. The maximum atomic E-state index is 10.9. The van der Waals surface area contributed by atoms with Crippen molar-refractivity contribution in [2.45, 2.75) is 38.3 Å². The van der Waals surface area contributed by atoms with Crippen molar-refractivity contribution in [2.75, 3.05) is 27.7 Å². The fraction of sp³-hybridized carbons (Fsp3) is 0.526. The van der Waals surface area contributed by atoms with Gasteiger partial charge in [0.2, 0.25) is 0 Å². The zero-order valence-electron chi connectivity index (χ0n) is 14.5. The molecule has 124 valence electrons. The minimum atomic E-state index is -0.440. The van der Waals surface area contributed by atoms with Gasteiger partial charge in [-0.2, -0.15) is 5.10 Å². The molecule has 0 saturated carbocycles. The average Bonchev–Trinajstić information content (AvgIpc) is 2.92.